The van der Waals surface area contributed by atoms with Crippen molar-refractivity contribution in [2.45, 2.75) is 59.9 Å². The maximum Gasteiger partial charge on any atom is 0.340 e. The van der Waals surface area contributed by atoms with Crippen molar-refractivity contribution in [3.63, 3.8) is 0 Å². The van der Waals surface area contributed by atoms with Gasteiger partial charge in [0.25, 0.3) is 5.56 Å². The number of esters is 1. The summed E-state index contributed by atoms with van der Waals surface area (Å²) in [6.45, 7) is 11.8. The van der Waals surface area contributed by atoms with E-state index < -0.39 is 0 Å². The molecule has 1 rings (SSSR count). The second-order valence-corrected chi connectivity index (χ2v) is 5.74. The fraction of sp³-hybridized carbons (Fsp3) is 0.625. The highest BCUT2D eigenvalue weighted by Gasteiger charge is 2.26. The zero-order chi connectivity index (χ0) is 15.5. The largest absolute Gasteiger partial charge is 0.462 e. The van der Waals surface area contributed by atoms with E-state index >= 15 is 0 Å². The Hall–Kier alpha value is -1.58. The van der Waals surface area contributed by atoms with Gasteiger partial charge >= 0.3 is 5.97 Å². The molecule has 0 radical (unpaired) electrons. The minimum atomic E-state index is -0.358. The number of hydrogen-bond donors (Lipinski definition) is 0. The second-order valence-electron chi connectivity index (χ2n) is 5.74. The Morgan fingerprint density at radius 2 is 1.90 bits per heavy atom. The molecule has 1 heterocycles. The van der Waals surface area contributed by atoms with Crippen LogP contribution in [0, 0.1) is 13.8 Å². The van der Waals surface area contributed by atoms with Gasteiger partial charge in [-0.25, -0.2) is 4.79 Å². The van der Waals surface area contributed by atoms with Gasteiger partial charge in [0.1, 0.15) is 0 Å². The Labute approximate surface area is 120 Å². The highest BCUT2D eigenvalue weighted by atomic mass is 16.5. The number of aromatic nitrogens is 1. The molecule has 0 spiro atoms. The van der Waals surface area contributed by atoms with Crippen molar-refractivity contribution < 1.29 is 9.53 Å². The number of carbonyl (C=O) groups is 1. The molecule has 0 aliphatic rings. The zero-order valence-electron chi connectivity index (χ0n) is 13.4. The van der Waals surface area contributed by atoms with Crippen molar-refractivity contribution >= 4 is 5.97 Å². The summed E-state index contributed by atoms with van der Waals surface area (Å²) >= 11 is 0. The summed E-state index contributed by atoms with van der Waals surface area (Å²) in [5.74, 6) is -0.358. The monoisotopic (exact) mass is 279 g/mol. The van der Waals surface area contributed by atoms with E-state index in [1.807, 2.05) is 20.8 Å². The first kappa shape index (κ1) is 16.5. The number of nitrogens with zero attached hydrogens (tertiary/aromatic N) is 1. The van der Waals surface area contributed by atoms with Gasteiger partial charge in [0.2, 0.25) is 0 Å². The molecule has 0 aromatic carbocycles. The Kier molecular flexibility index (Phi) is 5.15. The van der Waals surface area contributed by atoms with Crippen LogP contribution in [0.1, 0.15) is 62.2 Å². The van der Waals surface area contributed by atoms with E-state index in [2.05, 4.69) is 6.92 Å². The zero-order valence-corrected chi connectivity index (χ0v) is 13.4. The first-order valence-corrected chi connectivity index (χ1v) is 7.17. The lowest BCUT2D eigenvalue weighted by molar-refractivity contribution is 0.0522. The minimum Gasteiger partial charge on any atom is -0.462 e. The molecule has 0 N–H and O–H groups in total. The molecule has 4 nitrogen and oxygen atoms in total. The standard InChI is InChI=1S/C16H25NO3/c1-7-9-16(5,6)17-12(4)14(15(19)20-8-2)11(3)10-13(17)18/h10H,7-9H2,1-6H3. The van der Waals surface area contributed by atoms with Crippen LogP contribution in [0.4, 0.5) is 0 Å². The second kappa shape index (κ2) is 6.25. The summed E-state index contributed by atoms with van der Waals surface area (Å²) in [4.78, 5) is 24.4. The Balaban J connectivity index is 3.52. The summed E-state index contributed by atoms with van der Waals surface area (Å²) in [5.41, 5.74) is 1.49. The van der Waals surface area contributed by atoms with Crippen LogP contribution in [0.25, 0.3) is 0 Å². The van der Waals surface area contributed by atoms with Crippen LogP contribution in [0.2, 0.25) is 0 Å². The first-order chi connectivity index (χ1) is 9.26. The maximum atomic E-state index is 12.3. The fourth-order valence-corrected chi connectivity index (χ4v) is 2.87. The van der Waals surface area contributed by atoms with Gasteiger partial charge in [-0.2, -0.15) is 0 Å². The van der Waals surface area contributed by atoms with Gasteiger partial charge < -0.3 is 9.30 Å². The molecule has 1 aromatic heterocycles. The number of pyridine rings is 1. The maximum absolute atomic E-state index is 12.3. The Morgan fingerprint density at radius 1 is 1.30 bits per heavy atom. The van der Waals surface area contributed by atoms with Gasteiger partial charge in [-0.3, -0.25) is 4.79 Å². The predicted octanol–water partition coefficient (Wildman–Crippen LogP) is 3.18. The van der Waals surface area contributed by atoms with Crippen LogP contribution in [-0.2, 0) is 10.3 Å². The first-order valence-electron chi connectivity index (χ1n) is 7.17. The summed E-state index contributed by atoms with van der Waals surface area (Å²) < 4.78 is 6.82. The van der Waals surface area contributed by atoms with Crippen LogP contribution in [0.15, 0.2) is 10.9 Å². The summed E-state index contributed by atoms with van der Waals surface area (Å²) in [6.07, 6.45) is 1.85. The van der Waals surface area contributed by atoms with Gasteiger partial charge in [0.05, 0.1) is 12.2 Å². The molecule has 0 atom stereocenters. The van der Waals surface area contributed by atoms with Crippen molar-refractivity contribution in [1.29, 1.82) is 0 Å². The third-order valence-electron chi connectivity index (χ3n) is 3.60. The molecule has 4 heteroatoms. The van der Waals surface area contributed by atoms with Gasteiger partial charge in [-0.15, -0.1) is 0 Å². The highest BCUT2D eigenvalue weighted by Crippen LogP contribution is 2.24. The Bertz CT molecular complexity index is 556. The third-order valence-corrected chi connectivity index (χ3v) is 3.60. The highest BCUT2D eigenvalue weighted by molar-refractivity contribution is 5.92. The number of ether oxygens (including phenoxy) is 1. The summed E-state index contributed by atoms with van der Waals surface area (Å²) in [7, 11) is 0. The van der Waals surface area contributed by atoms with E-state index in [0.29, 0.717) is 23.4 Å². The third kappa shape index (κ3) is 3.11. The minimum absolute atomic E-state index is 0.0634. The SMILES string of the molecule is CCCC(C)(C)n1c(C)c(C(=O)OCC)c(C)cc1=O. The molecule has 112 valence electrons. The van der Waals surface area contributed by atoms with Crippen LogP contribution >= 0.6 is 0 Å². The number of aryl methyl sites for hydroxylation is 1. The number of carbonyl (C=O) groups excluding carboxylic acids is 1. The van der Waals surface area contributed by atoms with E-state index in [9.17, 15) is 9.59 Å². The molecule has 0 bridgehead atoms. The van der Waals surface area contributed by atoms with Crippen LogP contribution in [-0.4, -0.2) is 17.1 Å². The van der Waals surface area contributed by atoms with Crippen LogP contribution in [0.5, 0.6) is 0 Å². The smallest absolute Gasteiger partial charge is 0.340 e. The Morgan fingerprint density at radius 3 is 2.40 bits per heavy atom. The molecular weight excluding hydrogens is 254 g/mol. The molecule has 0 fully saturated rings. The lowest BCUT2D eigenvalue weighted by Gasteiger charge is -2.30. The molecule has 0 unspecified atom stereocenters. The fourth-order valence-electron chi connectivity index (χ4n) is 2.87. The van der Waals surface area contributed by atoms with Crippen molar-refractivity contribution in [3.8, 4) is 0 Å². The summed E-state index contributed by atoms with van der Waals surface area (Å²) in [5, 5.41) is 0. The topological polar surface area (TPSA) is 48.3 Å². The quantitative estimate of drug-likeness (QED) is 0.778. The lowest BCUT2D eigenvalue weighted by atomic mass is 9.96. The van der Waals surface area contributed by atoms with Crippen molar-refractivity contribution in [2.24, 2.45) is 0 Å². The van der Waals surface area contributed by atoms with Crippen molar-refractivity contribution in [2.75, 3.05) is 6.61 Å². The molecule has 0 aliphatic carbocycles. The number of hydrogen-bond acceptors (Lipinski definition) is 3. The van der Waals surface area contributed by atoms with Gasteiger partial charge in [0.15, 0.2) is 0 Å². The van der Waals surface area contributed by atoms with Gasteiger partial charge in [-0.05, 0) is 46.6 Å². The predicted molar refractivity (Wildman–Crippen MR) is 80.4 cm³/mol. The molecule has 0 aliphatic heterocycles. The molecule has 1 aromatic rings. The molecule has 20 heavy (non-hydrogen) atoms. The van der Waals surface area contributed by atoms with E-state index in [1.54, 1.807) is 18.4 Å². The summed E-state index contributed by atoms with van der Waals surface area (Å²) in [6, 6.07) is 1.52. The van der Waals surface area contributed by atoms with Gasteiger partial charge in [0, 0.05) is 17.3 Å². The lowest BCUT2D eigenvalue weighted by Crippen LogP contribution is -2.39. The van der Waals surface area contributed by atoms with Crippen molar-refractivity contribution in [1.82, 2.24) is 4.57 Å². The molecule has 0 saturated heterocycles. The van der Waals surface area contributed by atoms with E-state index in [0.717, 1.165) is 12.8 Å². The average molecular weight is 279 g/mol. The van der Waals surface area contributed by atoms with Crippen LogP contribution < -0.4 is 5.56 Å². The normalized spacial score (nSPS) is 11.5. The number of rotatable bonds is 5. The molecule has 0 saturated carbocycles. The van der Waals surface area contributed by atoms with Crippen LogP contribution in [0.3, 0.4) is 0 Å². The molecule has 0 amide bonds. The van der Waals surface area contributed by atoms with E-state index in [-0.39, 0.29) is 17.1 Å². The average Bonchev–Trinajstić information content (AvgIpc) is 2.27. The molecular formula is C16H25NO3. The van der Waals surface area contributed by atoms with Gasteiger partial charge in [-0.1, -0.05) is 13.3 Å². The van der Waals surface area contributed by atoms with Crippen molar-refractivity contribution in [3.05, 3.63) is 33.2 Å². The van der Waals surface area contributed by atoms with E-state index in [4.69, 9.17) is 4.74 Å². The van der Waals surface area contributed by atoms with E-state index in [1.165, 1.54) is 6.07 Å².